The Labute approximate surface area is 151 Å². The minimum Gasteiger partial charge on any atom is -0.466 e. The molecule has 0 aromatic heterocycles. The van der Waals surface area contributed by atoms with Gasteiger partial charge in [0.15, 0.2) is 0 Å². The minimum absolute atomic E-state index is 0.0727. The molecular formula is C21H32O4. The first kappa shape index (κ1) is 19.7. The van der Waals surface area contributed by atoms with Crippen LogP contribution in [-0.4, -0.2) is 25.2 Å². The highest BCUT2D eigenvalue weighted by Gasteiger charge is 2.48. The fraction of sp³-hybridized carbons (Fsp3) is 0.714. The standard InChI is InChI=1S/C21H32O4/c1-14(12-20(23)24-5)6-9-19-15(2)7-8-17-13-18(25-16(3)22)10-11-21(17,19)4/h12,17-19H,2,6-11,13H2,1,3-5H3/b14-12+/t17-,18-,19-,21-/m0/s1. The van der Waals surface area contributed by atoms with Gasteiger partial charge in [-0.15, -0.1) is 0 Å². The van der Waals surface area contributed by atoms with Crippen LogP contribution in [-0.2, 0) is 19.1 Å². The van der Waals surface area contributed by atoms with Crippen molar-refractivity contribution in [3.05, 3.63) is 23.8 Å². The Balaban J connectivity index is 2.05. The highest BCUT2D eigenvalue weighted by molar-refractivity contribution is 5.82. The molecule has 0 aromatic carbocycles. The zero-order valence-electron chi connectivity index (χ0n) is 16.1. The molecule has 2 fully saturated rings. The molecular weight excluding hydrogens is 316 g/mol. The number of ether oxygens (including phenoxy) is 2. The second kappa shape index (κ2) is 8.20. The summed E-state index contributed by atoms with van der Waals surface area (Å²) in [4.78, 5) is 22.7. The van der Waals surface area contributed by atoms with Crippen LogP contribution in [0.3, 0.4) is 0 Å². The van der Waals surface area contributed by atoms with Crippen LogP contribution in [0.15, 0.2) is 23.8 Å². The zero-order chi connectivity index (χ0) is 18.6. The van der Waals surface area contributed by atoms with Gasteiger partial charge >= 0.3 is 11.9 Å². The Morgan fingerprint density at radius 2 is 2.04 bits per heavy atom. The number of fused-ring (bicyclic) bond motifs is 1. The van der Waals surface area contributed by atoms with Crippen LogP contribution in [0.1, 0.15) is 65.7 Å². The number of hydrogen-bond donors (Lipinski definition) is 0. The van der Waals surface area contributed by atoms with E-state index in [1.165, 1.54) is 19.6 Å². The van der Waals surface area contributed by atoms with Crippen molar-refractivity contribution in [3.8, 4) is 0 Å². The number of hydrogen-bond acceptors (Lipinski definition) is 4. The third-order valence-corrected chi connectivity index (χ3v) is 6.31. The molecule has 0 aromatic rings. The van der Waals surface area contributed by atoms with Gasteiger partial charge in [0.2, 0.25) is 0 Å². The summed E-state index contributed by atoms with van der Waals surface area (Å²) < 4.78 is 10.2. The molecule has 140 valence electrons. The van der Waals surface area contributed by atoms with Gasteiger partial charge in [-0.05, 0) is 69.1 Å². The summed E-state index contributed by atoms with van der Waals surface area (Å²) in [7, 11) is 1.41. The maximum absolute atomic E-state index is 11.4. The van der Waals surface area contributed by atoms with Crippen LogP contribution >= 0.6 is 0 Å². The lowest BCUT2D eigenvalue weighted by Crippen LogP contribution is -2.46. The fourth-order valence-electron chi connectivity index (χ4n) is 4.87. The maximum atomic E-state index is 11.4. The van der Waals surface area contributed by atoms with E-state index in [1.54, 1.807) is 6.08 Å². The van der Waals surface area contributed by atoms with Crippen LogP contribution in [0, 0.1) is 17.3 Å². The van der Waals surface area contributed by atoms with Gasteiger partial charge in [0, 0.05) is 13.0 Å². The van der Waals surface area contributed by atoms with E-state index in [-0.39, 0.29) is 23.5 Å². The largest absolute Gasteiger partial charge is 0.466 e. The topological polar surface area (TPSA) is 52.6 Å². The fourth-order valence-corrected chi connectivity index (χ4v) is 4.87. The van der Waals surface area contributed by atoms with Gasteiger partial charge in [0.25, 0.3) is 0 Å². The molecule has 0 bridgehead atoms. The molecule has 2 saturated carbocycles. The molecule has 0 N–H and O–H groups in total. The summed E-state index contributed by atoms with van der Waals surface area (Å²) in [6.07, 6.45) is 8.73. The van der Waals surface area contributed by atoms with Crippen LogP contribution < -0.4 is 0 Å². The number of esters is 2. The molecule has 4 nitrogen and oxygen atoms in total. The average Bonchev–Trinajstić information content (AvgIpc) is 2.54. The zero-order valence-corrected chi connectivity index (χ0v) is 16.1. The van der Waals surface area contributed by atoms with Crippen LogP contribution in [0.4, 0.5) is 0 Å². The molecule has 4 atom stereocenters. The Bertz CT molecular complexity index is 562. The van der Waals surface area contributed by atoms with E-state index in [2.05, 4.69) is 13.5 Å². The summed E-state index contributed by atoms with van der Waals surface area (Å²) in [5, 5.41) is 0. The predicted octanol–water partition coefficient (Wildman–Crippen LogP) is 4.59. The number of carbonyl (C=O) groups is 2. The lowest BCUT2D eigenvalue weighted by Gasteiger charge is -2.53. The molecule has 2 aliphatic rings. The van der Waals surface area contributed by atoms with E-state index >= 15 is 0 Å². The Kier molecular flexibility index (Phi) is 6.47. The number of allylic oxidation sites excluding steroid dienone is 2. The van der Waals surface area contributed by atoms with Crippen molar-refractivity contribution in [2.75, 3.05) is 7.11 Å². The van der Waals surface area contributed by atoms with E-state index in [1.807, 2.05) is 6.92 Å². The maximum Gasteiger partial charge on any atom is 0.330 e. The predicted molar refractivity (Wildman–Crippen MR) is 97.9 cm³/mol. The van der Waals surface area contributed by atoms with Crippen molar-refractivity contribution < 1.29 is 19.1 Å². The highest BCUT2D eigenvalue weighted by Crippen LogP contribution is 2.56. The van der Waals surface area contributed by atoms with E-state index in [0.29, 0.717) is 11.8 Å². The van der Waals surface area contributed by atoms with Crippen LogP contribution in [0.5, 0.6) is 0 Å². The molecule has 0 aliphatic heterocycles. The second-order valence-electron chi connectivity index (χ2n) is 8.01. The van der Waals surface area contributed by atoms with Gasteiger partial charge in [-0.3, -0.25) is 4.79 Å². The highest BCUT2D eigenvalue weighted by atomic mass is 16.5. The lowest BCUT2D eigenvalue weighted by molar-refractivity contribution is -0.152. The van der Waals surface area contributed by atoms with Crippen LogP contribution in [0.2, 0.25) is 0 Å². The molecule has 0 unspecified atom stereocenters. The third-order valence-electron chi connectivity index (χ3n) is 6.31. The van der Waals surface area contributed by atoms with Gasteiger partial charge < -0.3 is 9.47 Å². The van der Waals surface area contributed by atoms with Gasteiger partial charge in [-0.2, -0.15) is 0 Å². The number of rotatable bonds is 5. The Hall–Kier alpha value is -1.58. The molecule has 25 heavy (non-hydrogen) atoms. The molecule has 0 saturated heterocycles. The van der Waals surface area contributed by atoms with E-state index in [0.717, 1.165) is 50.5 Å². The molecule has 0 amide bonds. The molecule has 0 spiro atoms. The third kappa shape index (κ3) is 4.74. The first-order valence-electron chi connectivity index (χ1n) is 9.36. The molecule has 0 radical (unpaired) electrons. The van der Waals surface area contributed by atoms with Crippen molar-refractivity contribution in [1.29, 1.82) is 0 Å². The van der Waals surface area contributed by atoms with Gasteiger partial charge in [0.1, 0.15) is 6.10 Å². The number of carbonyl (C=O) groups excluding carboxylic acids is 2. The minimum atomic E-state index is -0.286. The average molecular weight is 348 g/mol. The van der Waals surface area contributed by atoms with Crippen molar-refractivity contribution in [2.45, 2.75) is 71.8 Å². The molecule has 2 aliphatic carbocycles. The first-order valence-corrected chi connectivity index (χ1v) is 9.36. The smallest absolute Gasteiger partial charge is 0.330 e. The quantitative estimate of drug-likeness (QED) is 0.414. The summed E-state index contributed by atoms with van der Waals surface area (Å²) >= 11 is 0. The summed E-state index contributed by atoms with van der Waals surface area (Å²) in [6.45, 7) is 10.2. The van der Waals surface area contributed by atoms with Gasteiger partial charge in [0.05, 0.1) is 7.11 Å². The molecule has 4 heteroatoms. The van der Waals surface area contributed by atoms with Crippen molar-refractivity contribution in [3.63, 3.8) is 0 Å². The summed E-state index contributed by atoms with van der Waals surface area (Å²) in [5.41, 5.74) is 2.62. The van der Waals surface area contributed by atoms with Crippen molar-refractivity contribution in [1.82, 2.24) is 0 Å². The summed E-state index contributed by atoms with van der Waals surface area (Å²) in [6, 6.07) is 0. The normalized spacial score (nSPS) is 32.7. The van der Waals surface area contributed by atoms with E-state index < -0.39 is 0 Å². The van der Waals surface area contributed by atoms with Gasteiger partial charge in [-0.1, -0.05) is 24.6 Å². The summed E-state index contributed by atoms with van der Waals surface area (Å²) in [5.74, 6) is 0.580. The molecule has 0 heterocycles. The van der Waals surface area contributed by atoms with Crippen molar-refractivity contribution in [2.24, 2.45) is 17.3 Å². The number of methoxy groups -OCH3 is 1. The van der Waals surface area contributed by atoms with E-state index in [4.69, 9.17) is 9.47 Å². The van der Waals surface area contributed by atoms with Crippen molar-refractivity contribution >= 4 is 11.9 Å². The van der Waals surface area contributed by atoms with Gasteiger partial charge in [-0.25, -0.2) is 4.79 Å². The monoisotopic (exact) mass is 348 g/mol. The Morgan fingerprint density at radius 3 is 2.68 bits per heavy atom. The Morgan fingerprint density at radius 1 is 1.32 bits per heavy atom. The van der Waals surface area contributed by atoms with E-state index in [9.17, 15) is 9.59 Å². The molecule has 2 rings (SSSR count). The van der Waals surface area contributed by atoms with Crippen LogP contribution in [0.25, 0.3) is 0 Å². The second-order valence-corrected chi connectivity index (χ2v) is 8.01. The first-order chi connectivity index (χ1) is 11.8. The lowest BCUT2D eigenvalue weighted by atomic mass is 9.53. The SMILES string of the molecule is C=C1CC[C@H]2C[C@@H](OC(C)=O)CC[C@]2(C)[C@H]1CC/C(C)=C/C(=O)OC.